The molecule has 1 amide bonds. The molecule has 0 aromatic heterocycles. The molecule has 0 bridgehead atoms. The van der Waals surface area contributed by atoms with Crippen molar-refractivity contribution in [1.29, 1.82) is 0 Å². The zero-order chi connectivity index (χ0) is 18.4. The Balaban J connectivity index is 1.31. The van der Waals surface area contributed by atoms with E-state index in [1.807, 2.05) is 4.90 Å². The zero-order valence-electron chi connectivity index (χ0n) is 16.2. The van der Waals surface area contributed by atoms with Crippen LogP contribution in [0.5, 0.6) is 0 Å². The third kappa shape index (κ3) is 5.66. The Morgan fingerprint density at radius 3 is 2.19 bits per heavy atom. The number of nitrogens with zero attached hydrogens (tertiary/aromatic N) is 4. The highest BCUT2D eigenvalue weighted by Crippen LogP contribution is 2.17. The lowest BCUT2D eigenvalue weighted by molar-refractivity contribution is -0.153. The zero-order valence-corrected chi connectivity index (χ0v) is 16.2. The highest BCUT2D eigenvalue weighted by atomic mass is 16.5. The van der Waals surface area contributed by atoms with Crippen molar-refractivity contribution in [3.63, 3.8) is 0 Å². The van der Waals surface area contributed by atoms with E-state index in [0.717, 1.165) is 52.1 Å². The van der Waals surface area contributed by atoms with Crippen LogP contribution in [-0.2, 0) is 14.3 Å². The number of piperidine rings is 2. The molecule has 0 aromatic rings. The molecular weight excluding hydrogens is 332 g/mol. The Morgan fingerprint density at radius 2 is 1.54 bits per heavy atom. The van der Waals surface area contributed by atoms with Crippen molar-refractivity contribution in [2.45, 2.75) is 38.1 Å². The molecule has 0 unspecified atom stereocenters. The largest absolute Gasteiger partial charge is 0.455 e. The van der Waals surface area contributed by atoms with Crippen LogP contribution in [0.4, 0.5) is 0 Å². The quantitative estimate of drug-likeness (QED) is 0.651. The minimum atomic E-state index is -0.275. The van der Waals surface area contributed by atoms with Gasteiger partial charge in [0.05, 0.1) is 6.54 Å². The summed E-state index contributed by atoms with van der Waals surface area (Å²) in [6.45, 7) is 8.02. The maximum atomic E-state index is 12.1. The van der Waals surface area contributed by atoms with Gasteiger partial charge in [0.1, 0.15) is 0 Å². The van der Waals surface area contributed by atoms with Gasteiger partial charge in [-0.1, -0.05) is 0 Å². The first kappa shape index (κ1) is 19.6. The molecular formula is C19H34N4O3. The molecule has 0 saturated carbocycles. The predicted octanol–water partition coefficient (Wildman–Crippen LogP) is 0.254. The lowest BCUT2D eigenvalue weighted by Gasteiger charge is -2.42. The monoisotopic (exact) mass is 366 g/mol. The van der Waals surface area contributed by atoms with Crippen LogP contribution in [0.15, 0.2) is 0 Å². The summed E-state index contributed by atoms with van der Waals surface area (Å²) in [4.78, 5) is 33.1. The fourth-order valence-corrected chi connectivity index (χ4v) is 4.25. The van der Waals surface area contributed by atoms with Gasteiger partial charge < -0.3 is 14.5 Å². The molecule has 3 fully saturated rings. The molecule has 3 aliphatic rings. The summed E-state index contributed by atoms with van der Waals surface area (Å²) in [5.74, 6) is -0.326. The van der Waals surface area contributed by atoms with Gasteiger partial charge in [-0.15, -0.1) is 0 Å². The number of carbonyl (C=O) groups excluding carboxylic acids is 2. The molecule has 26 heavy (non-hydrogen) atoms. The number of esters is 1. The second-order valence-electron chi connectivity index (χ2n) is 7.95. The number of piperazine rings is 1. The second kappa shape index (κ2) is 9.67. The Morgan fingerprint density at radius 1 is 0.885 bits per heavy atom. The van der Waals surface area contributed by atoms with Crippen molar-refractivity contribution in [3.05, 3.63) is 0 Å². The molecule has 0 aromatic carbocycles. The lowest BCUT2D eigenvalue weighted by Crippen LogP contribution is -2.53. The number of likely N-dealkylation sites (tertiary alicyclic amines) is 2. The van der Waals surface area contributed by atoms with E-state index in [-0.39, 0.29) is 18.5 Å². The van der Waals surface area contributed by atoms with E-state index in [1.165, 1.54) is 32.4 Å². The van der Waals surface area contributed by atoms with Crippen LogP contribution in [0.3, 0.4) is 0 Å². The third-order valence-electron chi connectivity index (χ3n) is 6.03. The van der Waals surface area contributed by atoms with Crippen LogP contribution in [0.2, 0.25) is 0 Å². The molecule has 3 saturated heterocycles. The fourth-order valence-electron chi connectivity index (χ4n) is 4.25. The van der Waals surface area contributed by atoms with E-state index in [9.17, 15) is 9.59 Å². The predicted molar refractivity (Wildman–Crippen MR) is 99.9 cm³/mol. The average molecular weight is 367 g/mol. The van der Waals surface area contributed by atoms with E-state index in [4.69, 9.17) is 4.74 Å². The Bertz CT molecular complexity index is 465. The topological polar surface area (TPSA) is 56.3 Å². The van der Waals surface area contributed by atoms with E-state index in [2.05, 4.69) is 21.7 Å². The van der Waals surface area contributed by atoms with Gasteiger partial charge in [0.25, 0.3) is 5.91 Å². The first-order valence-electron chi connectivity index (χ1n) is 10.2. The van der Waals surface area contributed by atoms with E-state index in [1.54, 1.807) is 0 Å². The molecule has 0 aliphatic carbocycles. The molecule has 0 spiro atoms. The van der Waals surface area contributed by atoms with Crippen LogP contribution < -0.4 is 0 Å². The van der Waals surface area contributed by atoms with E-state index < -0.39 is 0 Å². The molecule has 3 aliphatic heterocycles. The number of ether oxygens (including phenoxy) is 1. The van der Waals surface area contributed by atoms with Gasteiger partial charge in [-0.2, -0.15) is 0 Å². The van der Waals surface area contributed by atoms with Gasteiger partial charge in [0, 0.05) is 45.3 Å². The highest BCUT2D eigenvalue weighted by molar-refractivity contribution is 5.81. The molecule has 0 radical (unpaired) electrons. The normalized spacial score (nSPS) is 24.6. The summed E-state index contributed by atoms with van der Waals surface area (Å²) in [7, 11) is 2.19. The molecule has 0 atom stereocenters. The van der Waals surface area contributed by atoms with Crippen LogP contribution in [0.25, 0.3) is 0 Å². The van der Waals surface area contributed by atoms with Gasteiger partial charge in [0.15, 0.2) is 6.61 Å². The maximum absolute atomic E-state index is 12.1. The van der Waals surface area contributed by atoms with Crippen LogP contribution in [0.1, 0.15) is 32.1 Å². The molecule has 0 N–H and O–H groups in total. The van der Waals surface area contributed by atoms with Crippen molar-refractivity contribution in [2.24, 2.45) is 0 Å². The number of rotatable bonds is 5. The van der Waals surface area contributed by atoms with Crippen molar-refractivity contribution in [2.75, 3.05) is 72.6 Å². The average Bonchev–Trinajstić information content (AvgIpc) is 2.68. The van der Waals surface area contributed by atoms with Crippen LogP contribution in [0, 0.1) is 0 Å². The van der Waals surface area contributed by atoms with Gasteiger partial charge in [-0.3, -0.25) is 19.4 Å². The van der Waals surface area contributed by atoms with Crippen LogP contribution in [-0.4, -0.2) is 110 Å². The summed E-state index contributed by atoms with van der Waals surface area (Å²) >= 11 is 0. The lowest BCUT2D eigenvalue weighted by atomic mass is 10.0. The summed E-state index contributed by atoms with van der Waals surface area (Å²) in [6, 6.07) is 0.697. The van der Waals surface area contributed by atoms with Gasteiger partial charge in [-0.25, -0.2) is 0 Å². The number of amides is 1. The highest BCUT2D eigenvalue weighted by Gasteiger charge is 2.27. The van der Waals surface area contributed by atoms with Gasteiger partial charge in [0.2, 0.25) is 0 Å². The maximum Gasteiger partial charge on any atom is 0.320 e. The smallest absolute Gasteiger partial charge is 0.320 e. The number of hydrogen-bond acceptors (Lipinski definition) is 6. The number of carbonyl (C=O) groups is 2. The standard InChI is InChI=1S/C19H34N4O3/c1-20-9-5-17(6-10-20)22-13-11-21(12-14-22)15-19(25)26-16-18(24)23-7-3-2-4-8-23/h17H,2-16H2,1H3. The van der Waals surface area contributed by atoms with Crippen molar-refractivity contribution >= 4 is 11.9 Å². The Kier molecular flexibility index (Phi) is 7.28. The second-order valence-corrected chi connectivity index (χ2v) is 7.95. The first-order chi connectivity index (χ1) is 12.6. The fraction of sp³-hybridized carbons (Fsp3) is 0.895. The molecule has 148 valence electrons. The van der Waals surface area contributed by atoms with Crippen molar-refractivity contribution < 1.29 is 14.3 Å². The van der Waals surface area contributed by atoms with Crippen molar-refractivity contribution in [1.82, 2.24) is 19.6 Å². The number of hydrogen-bond donors (Lipinski definition) is 0. The SMILES string of the molecule is CN1CCC(N2CCN(CC(=O)OCC(=O)N3CCCCC3)CC2)CC1. The van der Waals surface area contributed by atoms with Gasteiger partial charge >= 0.3 is 5.97 Å². The summed E-state index contributed by atoms with van der Waals surface area (Å²) in [6.07, 6.45) is 5.80. The van der Waals surface area contributed by atoms with E-state index >= 15 is 0 Å². The third-order valence-corrected chi connectivity index (χ3v) is 6.03. The minimum Gasteiger partial charge on any atom is -0.455 e. The molecule has 7 nitrogen and oxygen atoms in total. The minimum absolute atomic E-state index is 0.0508. The Hall–Kier alpha value is -1.18. The van der Waals surface area contributed by atoms with Crippen molar-refractivity contribution in [3.8, 4) is 0 Å². The first-order valence-corrected chi connectivity index (χ1v) is 10.2. The van der Waals surface area contributed by atoms with Crippen LogP contribution >= 0.6 is 0 Å². The summed E-state index contributed by atoms with van der Waals surface area (Å²) < 4.78 is 5.22. The summed E-state index contributed by atoms with van der Waals surface area (Å²) in [5.41, 5.74) is 0. The Labute approximate surface area is 157 Å². The van der Waals surface area contributed by atoms with Gasteiger partial charge in [-0.05, 0) is 52.2 Å². The summed E-state index contributed by atoms with van der Waals surface area (Å²) in [5, 5.41) is 0. The molecule has 7 heteroatoms. The molecule has 3 rings (SSSR count). The molecule has 3 heterocycles. The van der Waals surface area contributed by atoms with E-state index in [0.29, 0.717) is 12.6 Å².